The summed E-state index contributed by atoms with van der Waals surface area (Å²) >= 11 is 0. The average molecular weight is 321 g/mol. The maximum Gasteiger partial charge on any atom is 0.463 e. The van der Waals surface area contributed by atoms with Gasteiger partial charge in [-0.15, -0.1) is 6.58 Å². The third-order valence-electron chi connectivity index (χ3n) is 4.40. The molecule has 1 fully saturated rings. The topological polar surface area (TPSA) is 100 Å². The highest BCUT2D eigenvalue weighted by Crippen LogP contribution is 2.39. The summed E-state index contributed by atoms with van der Waals surface area (Å²) in [5, 5.41) is 0. The average Bonchev–Trinajstić information content (AvgIpc) is 2.57. The first-order valence-electron chi connectivity index (χ1n) is 7.75. The van der Waals surface area contributed by atoms with E-state index in [0.717, 1.165) is 24.9 Å². The Morgan fingerprint density at radius 1 is 1.52 bits per heavy atom. The van der Waals surface area contributed by atoms with Crippen LogP contribution < -0.4 is 0 Å². The first kappa shape index (κ1) is 18.8. The third kappa shape index (κ3) is 3.93. The maximum absolute atomic E-state index is 12.8. The molecule has 1 rings (SSSR count). The van der Waals surface area contributed by atoms with E-state index in [-0.39, 0.29) is 12.5 Å². The zero-order chi connectivity index (χ0) is 17.5. The molecule has 2 amide bonds. The predicted molar refractivity (Wildman–Crippen MR) is 83.4 cm³/mol. The van der Waals surface area contributed by atoms with E-state index in [9.17, 15) is 14.4 Å². The predicted octanol–water partition coefficient (Wildman–Crippen LogP) is 1.73. The SMILES string of the molecule is C=CCCCC1(CC)CCCN(C(=O)C(=[N+]=[N-])C(=O)OC)C1=O. The van der Waals surface area contributed by atoms with Crippen LogP contribution in [0.15, 0.2) is 12.7 Å². The molecular formula is C16H23N3O4. The van der Waals surface area contributed by atoms with Gasteiger partial charge < -0.3 is 10.3 Å². The number of allylic oxidation sites excluding steroid dienone is 1. The molecule has 0 aromatic carbocycles. The van der Waals surface area contributed by atoms with Gasteiger partial charge >= 0.3 is 17.6 Å². The third-order valence-corrected chi connectivity index (χ3v) is 4.40. The number of esters is 1. The Hall–Kier alpha value is -2.27. The minimum absolute atomic E-state index is 0.205. The van der Waals surface area contributed by atoms with Crippen LogP contribution in [0.3, 0.4) is 0 Å². The van der Waals surface area contributed by atoms with Crippen molar-refractivity contribution in [2.45, 2.75) is 45.4 Å². The molecule has 23 heavy (non-hydrogen) atoms. The number of ether oxygens (including phenoxy) is 1. The molecule has 7 heteroatoms. The number of rotatable bonds is 7. The molecule has 7 nitrogen and oxygen atoms in total. The van der Waals surface area contributed by atoms with Crippen molar-refractivity contribution in [1.82, 2.24) is 4.90 Å². The van der Waals surface area contributed by atoms with Crippen LogP contribution in [0, 0.1) is 5.41 Å². The second kappa shape index (κ2) is 8.39. The Balaban J connectivity index is 3.02. The van der Waals surface area contributed by atoms with Crippen molar-refractivity contribution in [3.05, 3.63) is 18.2 Å². The van der Waals surface area contributed by atoms with Gasteiger partial charge in [0.15, 0.2) is 0 Å². The largest absolute Gasteiger partial charge is 0.463 e. The number of amides is 2. The van der Waals surface area contributed by atoms with Crippen LogP contribution >= 0.6 is 0 Å². The lowest BCUT2D eigenvalue weighted by molar-refractivity contribution is -0.156. The molecule has 1 aliphatic rings. The molecule has 0 spiro atoms. The second-order valence-electron chi connectivity index (χ2n) is 5.62. The first-order valence-corrected chi connectivity index (χ1v) is 7.75. The molecular weight excluding hydrogens is 298 g/mol. The molecule has 0 bridgehead atoms. The fourth-order valence-electron chi connectivity index (χ4n) is 2.98. The summed E-state index contributed by atoms with van der Waals surface area (Å²) in [5.74, 6) is -2.29. The zero-order valence-corrected chi connectivity index (χ0v) is 13.7. The van der Waals surface area contributed by atoms with E-state index < -0.39 is 23.0 Å². The first-order chi connectivity index (χ1) is 11.0. The van der Waals surface area contributed by atoms with Crippen LogP contribution in [-0.2, 0) is 19.1 Å². The van der Waals surface area contributed by atoms with Gasteiger partial charge in [0.2, 0.25) is 5.91 Å². The highest BCUT2D eigenvalue weighted by Gasteiger charge is 2.47. The number of nitrogens with zero attached hydrogens (tertiary/aromatic N) is 3. The van der Waals surface area contributed by atoms with Crippen molar-refractivity contribution in [2.24, 2.45) is 5.41 Å². The lowest BCUT2D eigenvalue weighted by Crippen LogP contribution is -2.54. The lowest BCUT2D eigenvalue weighted by atomic mass is 9.73. The summed E-state index contributed by atoms with van der Waals surface area (Å²) in [6, 6.07) is 0. The van der Waals surface area contributed by atoms with Gasteiger partial charge in [-0.2, -0.15) is 4.79 Å². The fourth-order valence-corrected chi connectivity index (χ4v) is 2.98. The maximum atomic E-state index is 12.8. The molecule has 1 aliphatic heterocycles. The van der Waals surface area contributed by atoms with Crippen molar-refractivity contribution in [3.8, 4) is 0 Å². The minimum atomic E-state index is -1.07. The summed E-state index contributed by atoms with van der Waals surface area (Å²) in [5.41, 5.74) is 7.50. The normalized spacial score (nSPS) is 20.6. The Labute approximate surface area is 135 Å². The van der Waals surface area contributed by atoms with E-state index in [0.29, 0.717) is 25.7 Å². The zero-order valence-electron chi connectivity index (χ0n) is 13.7. The van der Waals surface area contributed by atoms with Crippen LogP contribution in [0.25, 0.3) is 5.53 Å². The van der Waals surface area contributed by atoms with Crippen LogP contribution in [0.5, 0.6) is 0 Å². The van der Waals surface area contributed by atoms with Crippen LogP contribution in [0.1, 0.15) is 45.4 Å². The highest BCUT2D eigenvalue weighted by atomic mass is 16.5. The Morgan fingerprint density at radius 3 is 2.74 bits per heavy atom. The number of carbonyl (C=O) groups is 3. The van der Waals surface area contributed by atoms with Gasteiger partial charge in [0.05, 0.1) is 7.11 Å². The molecule has 0 aromatic heterocycles. The van der Waals surface area contributed by atoms with Crippen LogP contribution in [-0.4, -0.2) is 46.8 Å². The molecule has 126 valence electrons. The van der Waals surface area contributed by atoms with E-state index in [2.05, 4.69) is 16.1 Å². The number of piperidine rings is 1. The monoisotopic (exact) mass is 321 g/mol. The van der Waals surface area contributed by atoms with Gasteiger partial charge in [0, 0.05) is 12.0 Å². The van der Waals surface area contributed by atoms with Gasteiger partial charge in [-0.1, -0.05) is 13.0 Å². The van der Waals surface area contributed by atoms with Gasteiger partial charge in [-0.25, -0.2) is 4.79 Å². The van der Waals surface area contributed by atoms with Gasteiger partial charge in [0.1, 0.15) is 0 Å². The highest BCUT2D eigenvalue weighted by molar-refractivity contribution is 6.62. The standard InChI is InChI=1S/C16H23N3O4/c1-4-6-7-9-16(5-2)10-8-11-19(15(16)22)13(20)12(18-17)14(21)23-3/h4H,1,5-11H2,2-3H3. The summed E-state index contributed by atoms with van der Waals surface area (Å²) in [4.78, 5) is 40.4. The molecule has 1 unspecified atom stereocenters. The van der Waals surface area contributed by atoms with E-state index >= 15 is 0 Å². The van der Waals surface area contributed by atoms with Crippen molar-refractivity contribution in [1.29, 1.82) is 0 Å². The fraction of sp³-hybridized carbons (Fsp3) is 0.625. The molecule has 1 saturated heterocycles. The molecule has 0 N–H and O–H groups in total. The molecule has 0 saturated carbocycles. The van der Waals surface area contributed by atoms with Crippen LogP contribution in [0.4, 0.5) is 0 Å². The quantitative estimate of drug-likeness (QED) is 0.136. The number of likely N-dealkylation sites (tertiary alicyclic amines) is 1. The van der Waals surface area contributed by atoms with Gasteiger partial charge in [-0.05, 0) is 38.5 Å². The van der Waals surface area contributed by atoms with E-state index in [1.807, 2.05) is 6.92 Å². The van der Waals surface area contributed by atoms with Crippen molar-refractivity contribution < 1.29 is 23.9 Å². The lowest BCUT2D eigenvalue weighted by Gasteiger charge is -2.39. The Bertz CT molecular complexity index is 552. The number of carbonyl (C=O) groups excluding carboxylic acids is 3. The summed E-state index contributed by atoms with van der Waals surface area (Å²) in [6.45, 7) is 5.80. The molecule has 1 atom stereocenters. The van der Waals surface area contributed by atoms with Gasteiger partial charge in [0.25, 0.3) is 0 Å². The minimum Gasteiger partial charge on any atom is -0.460 e. The number of unbranched alkanes of at least 4 members (excludes halogenated alkanes) is 1. The van der Waals surface area contributed by atoms with E-state index in [4.69, 9.17) is 5.53 Å². The molecule has 0 aliphatic carbocycles. The second-order valence-corrected chi connectivity index (χ2v) is 5.62. The summed E-state index contributed by atoms with van der Waals surface area (Å²) in [7, 11) is 1.07. The van der Waals surface area contributed by atoms with Crippen molar-refractivity contribution >= 4 is 23.5 Å². The van der Waals surface area contributed by atoms with Gasteiger partial charge in [-0.3, -0.25) is 14.5 Å². The molecule has 1 heterocycles. The summed E-state index contributed by atoms with van der Waals surface area (Å²) < 4.78 is 4.41. The number of hydrogen-bond donors (Lipinski definition) is 0. The van der Waals surface area contributed by atoms with Crippen LogP contribution in [0.2, 0.25) is 0 Å². The Kier molecular flexibility index (Phi) is 6.85. The number of methoxy groups -OCH3 is 1. The number of imide groups is 1. The molecule has 0 aromatic rings. The smallest absolute Gasteiger partial charge is 0.460 e. The molecule has 0 radical (unpaired) electrons. The van der Waals surface area contributed by atoms with E-state index in [1.165, 1.54) is 0 Å². The summed E-state index contributed by atoms with van der Waals surface area (Å²) in [6.07, 6.45) is 6.02. The van der Waals surface area contributed by atoms with E-state index in [1.54, 1.807) is 6.08 Å². The number of hydrogen-bond acceptors (Lipinski definition) is 4. The van der Waals surface area contributed by atoms with Crippen molar-refractivity contribution in [3.63, 3.8) is 0 Å². The van der Waals surface area contributed by atoms with Crippen molar-refractivity contribution in [2.75, 3.05) is 13.7 Å². The Morgan fingerprint density at radius 2 is 2.22 bits per heavy atom.